The first-order chi connectivity index (χ1) is 8.77. The zero-order valence-corrected chi connectivity index (χ0v) is 11.4. The summed E-state index contributed by atoms with van der Waals surface area (Å²) in [6.45, 7) is 3.23. The Labute approximate surface area is 109 Å². The number of unbranched alkanes of at least 4 members (excludes halogenated alkanes) is 4. The molecule has 108 valence electrons. The molecule has 5 heteroatoms. The normalized spacial score (nSPS) is 10.7. The molecule has 0 aromatic rings. The first-order valence-corrected chi connectivity index (χ1v) is 6.63. The summed E-state index contributed by atoms with van der Waals surface area (Å²) in [6.07, 6.45) is 5.28. The number of hydrogen-bond acceptors (Lipinski definition) is 4. The molecule has 0 radical (unpaired) electrons. The van der Waals surface area contributed by atoms with Crippen LogP contribution >= 0.6 is 0 Å². The highest BCUT2D eigenvalue weighted by Gasteiger charge is 1.96. The lowest BCUT2D eigenvalue weighted by Crippen LogP contribution is -2.08. The molecule has 0 aliphatic rings. The lowest BCUT2D eigenvalue weighted by Gasteiger charge is -2.05. The molecule has 0 aromatic heterocycles. The van der Waals surface area contributed by atoms with Gasteiger partial charge in [-0.2, -0.15) is 0 Å². The fourth-order valence-electron chi connectivity index (χ4n) is 1.47. The van der Waals surface area contributed by atoms with Crippen molar-refractivity contribution in [2.24, 2.45) is 0 Å². The molecule has 0 saturated carbocycles. The van der Waals surface area contributed by atoms with E-state index in [1.807, 2.05) is 0 Å². The maximum Gasteiger partial charge on any atom is 0.303 e. The molecule has 18 heavy (non-hydrogen) atoms. The van der Waals surface area contributed by atoms with Crippen molar-refractivity contribution in [1.82, 2.24) is 0 Å². The highest BCUT2D eigenvalue weighted by molar-refractivity contribution is 5.66. The van der Waals surface area contributed by atoms with Crippen LogP contribution in [0.25, 0.3) is 0 Å². The van der Waals surface area contributed by atoms with Gasteiger partial charge in [0.25, 0.3) is 0 Å². The van der Waals surface area contributed by atoms with E-state index in [9.17, 15) is 4.79 Å². The Kier molecular flexibility index (Phi) is 13.9. The summed E-state index contributed by atoms with van der Waals surface area (Å²) >= 11 is 0. The number of methoxy groups -OCH3 is 1. The Morgan fingerprint density at radius 1 is 0.833 bits per heavy atom. The fourth-order valence-corrected chi connectivity index (χ4v) is 1.47. The molecular formula is C13H26O5. The average Bonchev–Trinajstić information content (AvgIpc) is 2.34. The second-order valence-corrected chi connectivity index (χ2v) is 4.13. The van der Waals surface area contributed by atoms with E-state index in [2.05, 4.69) is 0 Å². The Morgan fingerprint density at radius 3 is 2.06 bits per heavy atom. The molecule has 0 spiro atoms. The predicted molar refractivity (Wildman–Crippen MR) is 68.9 cm³/mol. The molecule has 0 bridgehead atoms. The lowest BCUT2D eigenvalue weighted by atomic mass is 10.1. The maximum absolute atomic E-state index is 10.3. The lowest BCUT2D eigenvalue weighted by molar-refractivity contribution is -0.137. The summed E-state index contributed by atoms with van der Waals surface area (Å²) in [4.78, 5) is 10.3. The fraction of sp³-hybridized carbons (Fsp3) is 0.923. The number of hydrogen-bond donors (Lipinski definition) is 1. The van der Waals surface area contributed by atoms with Gasteiger partial charge in [-0.15, -0.1) is 0 Å². The van der Waals surface area contributed by atoms with Gasteiger partial charge < -0.3 is 19.3 Å². The van der Waals surface area contributed by atoms with Gasteiger partial charge in [-0.05, 0) is 12.8 Å². The van der Waals surface area contributed by atoms with E-state index in [-0.39, 0.29) is 6.42 Å². The van der Waals surface area contributed by atoms with Crippen LogP contribution in [0.1, 0.15) is 38.5 Å². The van der Waals surface area contributed by atoms with Crippen molar-refractivity contribution < 1.29 is 24.1 Å². The number of aliphatic carboxylic acids is 1. The third-order valence-corrected chi connectivity index (χ3v) is 2.48. The molecule has 0 aliphatic carbocycles. The molecule has 0 saturated heterocycles. The molecule has 0 aliphatic heterocycles. The van der Waals surface area contributed by atoms with E-state index >= 15 is 0 Å². The summed E-state index contributed by atoms with van der Waals surface area (Å²) in [5.74, 6) is -0.702. The second kappa shape index (κ2) is 14.4. The summed E-state index contributed by atoms with van der Waals surface area (Å²) in [6, 6.07) is 0. The van der Waals surface area contributed by atoms with E-state index < -0.39 is 5.97 Å². The van der Waals surface area contributed by atoms with Crippen molar-refractivity contribution in [2.75, 3.05) is 40.1 Å². The van der Waals surface area contributed by atoms with Crippen molar-refractivity contribution in [3.05, 3.63) is 0 Å². The minimum Gasteiger partial charge on any atom is -0.481 e. The predicted octanol–water partition coefficient (Wildman–Crippen LogP) is 2.09. The molecule has 5 nitrogen and oxygen atoms in total. The Morgan fingerprint density at radius 2 is 1.39 bits per heavy atom. The van der Waals surface area contributed by atoms with Crippen LogP contribution < -0.4 is 0 Å². The van der Waals surface area contributed by atoms with Gasteiger partial charge in [0.05, 0.1) is 26.4 Å². The van der Waals surface area contributed by atoms with E-state index in [1.54, 1.807) is 7.11 Å². The van der Waals surface area contributed by atoms with Crippen LogP contribution in [-0.4, -0.2) is 51.2 Å². The quantitative estimate of drug-likeness (QED) is 0.486. The minimum absolute atomic E-state index is 0.287. The second-order valence-electron chi connectivity index (χ2n) is 4.13. The van der Waals surface area contributed by atoms with Crippen molar-refractivity contribution in [1.29, 1.82) is 0 Å². The molecule has 0 rings (SSSR count). The monoisotopic (exact) mass is 262 g/mol. The Bertz CT molecular complexity index is 184. The Balaban J connectivity index is 2.92. The zero-order valence-electron chi connectivity index (χ0n) is 11.4. The summed E-state index contributed by atoms with van der Waals surface area (Å²) < 4.78 is 15.5. The van der Waals surface area contributed by atoms with Crippen molar-refractivity contribution >= 4 is 5.97 Å². The molecule has 0 fully saturated rings. The van der Waals surface area contributed by atoms with E-state index in [0.717, 1.165) is 38.7 Å². The van der Waals surface area contributed by atoms with Crippen molar-refractivity contribution in [3.8, 4) is 0 Å². The molecular weight excluding hydrogens is 236 g/mol. The topological polar surface area (TPSA) is 65.0 Å². The van der Waals surface area contributed by atoms with Gasteiger partial charge in [-0.25, -0.2) is 0 Å². The highest BCUT2D eigenvalue weighted by Crippen LogP contribution is 2.05. The SMILES string of the molecule is COCCOCCOCCCCCCCC(=O)O. The summed E-state index contributed by atoms with van der Waals surface area (Å²) in [5.41, 5.74) is 0. The zero-order chi connectivity index (χ0) is 13.5. The van der Waals surface area contributed by atoms with E-state index in [0.29, 0.717) is 26.4 Å². The molecule has 1 N–H and O–H groups in total. The smallest absolute Gasteiger partial charge is 0.303 e. The summed E-state index contributed by atoms with van der Waals surface area (Å²) in [5, 5.41) is 8.45. The van der Waals surface area contributed by atoms with Gasteiger partial charge in [0, 0.05) is 20.1 Å². The number of ether oxygens (including phenoxy) is 3. The largest absolute Gasteiger partial charge is 0.481 e. The molecule has 0 atom stereocenters. The van der Waals surface area contributed by atoms with Crippen molar-refractivity contribution in [2.45, 2.75) is 38.5 Å². The van der Waals surface area contributed by atoms with Crippen LogP contribution in [0.2, 0.25) is 0 Å². The van der Waals surface area contributed by atoms with E-state index in [4.69, 9.17) is 19.3 Å². The van der Waals surface area contributed by atoms with Crippen LogP contribution in [0.5, 0.6) is 0 Å². The van der Waals surface area contributed by atoms with Gasteiger partial charge in [-0.3, -0.25) is 4.79 Å². The van der Waals surface area contributed by atoms with Crippen LogP contribution in [0.15, 0.2) is 0 Å². The number of carboxylic acids is 1. The first-order valence-electron chi connectivity index (χ1n) is 6.63. The van der Waals surface area contributed by atoms with E-state index in [1.165, 1.54) is 0 Å². The van der Waals surface area contributed by atoms with Gasteiger partial charge in [0.15, 0.2) is 0 Å². The van der Waals surface area contributed by atoms with Crippen LogP contribution in [-0.2, 0) is 19.0 Å². The van der Waals surface area contributed by atoms with Crippen LogP contribution in [0.3, 0.4) is 0 Å². The van der Waals surface area contributed by atoms with Gasteiger partial charge in [0.2, 0.25) is 0 Å². The minimum atomic E-state index is -0.702. The van der Waals surface area contributed by atoms with Gasteiger partial charge in [-0.1, -0.05) is 19.3 Å². The van der Waals surface area contributed by atoms with Crippen LogP contribution in [0.4, 0.5) is 0 Å². The average molecular weight is 262 g/mol. The van der Waals surface area contributed by atoms with Gasteiger partial charge in [0.1, 0.15) is 0 Å². The summed E-state index contributed by atoms with van der Waals surface area (Å²) in [7, 11) is 1.65. The molecule has 0 unspecified atom stereocenters. The number of rotatable bonds is 14. The number of carboxylic acid groups (broad SMARTS) is 1. The first kappa shape index (κ1) is 17.4. The third-order valence-electron chi connectivity index (χ3n) is 2.48. The van der Waals surface area contributed by atoms with Crippen LogP contribution in [0, 0.1) is 0 Å². The molecule has 0 amide bonds. The third kappa shape index (κ3) is 15.4. The standard InChI is InChI=1S/C13H26O5/c1-16-9-10-18-12-11-17-8-6-4-2-3-5-7-13(14)15/h2-12H2,1H3,(H,14,15). The Hall–Kier alpha value is -0.650. The molecule has 0 heterocycles. The molecule has 0 aromatic carbocycles. The van der Waals surface area contributed by atoms with Crippen molar-refractivity contribution in [3.63, 3.8) is 0 Å². The maximum atomic E-state index is 10.3. The highest BCUT2D eigenvalue weighted by atomic mass is 16.5. The number of carbonyl (C=O) groups is 1. The van der Waals surface area contributed by atoms with Gasteiger partial charge >= 0.3 is 5.97 Å².